The summed E-state index contributed by atoms with van der Waals surface area (Å²) in [5.41, 5.74) is 3.06. The molecule has 0 unspecified atom stereocenters. The maximum absolute atomic E-state index is 11.8. The van der Waals surface area contributed by atoms with E-state index in [1.807, 2.05) is 19.9 Å². The van der Waals surface area contributed by atoms with Gasteiger partial charge in [0, 0.05) is 30.0 Å². The van der Waals surface area contributed by atoms with Gasteiger partial charge in [0.25, 0.3) is 0 Å². The standard InChI is InChI=1S/C15H25ClN2O/c1-11-7-13(14(19)8-16)12(2)18(11)10-15(3,4)9-17(5)6/h7H,8-10H2,1-6H3. The van der Waals surface area contributed by atoms with Gasteiger partial charge in [-0.25, -0.2) is 0 Å². The van der Waals surface area contributed by atoms with E-state index in [4.69, 9.17) is 11.6 Å². The Morgan fingerprint density at radius 3 is 2.42 bits per heavy atom. The maximum atomic E-state index is 11.8. The Morgan fingerprint density at radius 2 is 1.95 bits per heavy atom. The van der Waals surface area contributed by atoms with E-state index >= 15 is 0 Å². The van der Waals surface area contributed by atoms with Crippen molar-refractivity contribution in [3.8, 4) is 0 Å². The molecule has 3 nitrogen and oxygen atoms in total. The summed E-state index contributed by atoms with van der Waals surface area (Å²) in [5, 5.41) is 0. The van der Waals surface area contributed by atoms with Crippen molar-refractivity contribution < 1.29 is 4.79 Å². The highest BCUT2D eigenvalue weighted by molar-refractivity contribution is 6.30. The quantitative estimate of drug-likeness (QED) is 0.592. The summed E-state index contributed by atoms with van der Waals surface area (Å²) in [7, 11) is 4.17. The minimum atomic E-state index is 0.00596. The molecular weight excluding hydrogens is 260 g/mol. The number of aromatic nitrogens is 1. The Balaban J connectivity index is 3.02. The highest BCUT2D eigenvalue weighted by Gasteiger charge is 2.23. The first-order valence-corrected chi connectivity index (χ1v) is 7.12. The molecule has 1 aromatic heterocycles. The third-order valence-electron chi connectivity index (χ3n) is 3.33. The molecule has 19 heavy (non-hydrogen) atoms. The largest absolute Gasteiger partial charge is 0.348 e. The predicted molar refractivity (Wildman–Crippen MR) is 81.3 cm³/mol. The number of hydrogen-bond acceptors (Lipinski definition) is 2. The molecular formula is C15H25ClN2O. The molecule has 108 valence electrons. The van der Waals surface area contributed by atoms with Crippen LogP contribution in [0, 0.1) is 19.3 Å². The van der Waals surface area contributed by atoms with Crippen molar-refractivity contribution in [2.45, 2.75) is 34.2 Å². The van der Waals surface area contributed by atoms with Crippen molar-refractivity contribution in [2.24, 2.45) is 5.41 Å². The highest BCUT2D eigenvalue weighted by Crippen LogP contribution is 2.24. The molecule has 1 rings (SSSR count). The van der Waals surface area contributed by atoms with Gasteiger partial charge in [-0.1, -0.05) is 13.8 Å². The van der Waals surface area contributed by atoms with Crippen molar-refractivity contribution in [3.63, 3.8) is 0 Å². The molecule has 0 aliphatic carbocycles. The SMILES string of the molecule is Cc1cc(C(=O)CCl)c(C)n1CC(C)(C)CN(C)C. The van der Waals surface area contributed by atoms with Crippen LogP contribution in [0.3, 0.4) is 0 Å². The van der Waals surface area contributed by atoms with Crippen molar-refractivity contribution in [2.75, 3.05) is 26.5 Å². The lowest BCUT2D eigenvalue weighted by atomic mass is 9.92. The number of alkyl halides is 1. The average molecular weight is 285 g/mol. The van der Waals surface area contributed by atoms with E-state index in [0.29, 0.717) is 0 Å². The first kappa shape index (κ1) is 16.3. The van der Waals surface area contributed by atoms with Crippen molar-refractivity contribution in [1.29, 1.82) is 0 Å². The van der Waals surface area contributed by atoms with Crippen LogP contribution in [0.15, 0.2) is 6.07 Å². The smallest absolute Gasteiger partial charge is 0.179 e. The molecule has 0 aromatic carbocycles. The van der Waals surface area contributed by atoms with Crippen molar-refractivity contribution >= 4 is 17.4 Å². The normalized spacial score (nSPS) is 12.2. The molecule has 0 spiro atoms. The van der Waals surface area contributed by atoms with Crippen LogP contribution in [0.2, 0.25) is 0 Å². The third-order valence-corrected chi connectivity index (χ3v) is 3.57. The molecule has 0 aliphatic heterocycles. The summed E-state index contributed by atoms with van der Waals surface area (Å²) in [6.07, 6.45) is 0. The van der Waals surface area contributed by atoms with E-state index < -0.39 is 0 Å². The Hall–Kier alpha value is -0.800. The fourth-order valence-corrected chi connectivity index (χ4v) is 2.88. The number of Topliss-reactive ketones (excluding diaryl/α,β-unsaturated/α-hetero) is 1. The van der Waals surface area contributed by atoms with Gasteiger partial charge in [-0.05, 0) is 39.4 Å². The molecule has 0 aliphatic rings. The molecule has 0 saturated heterocycles. The zero-order chi connectivity index (χ0) is 14.8. The minimum absolute atomic E-state index is 0.00596. The molecule has 0 saturated carbocycles. The molecule has 4 heteroatoms. The van der Waals surface area contributed by atoms with Gasteiger partial charge in [0.05, 0.1) is 5.88 Å². The minimum Gasteiger partial charge on any atom is -0.348 e. The van der Waals surface area contributed by atoms with Crippen LogP contribution in [-0.4, -0.2) is 41.8 Å². The van der Waals surface area contributed by atoms with Crippen LogP contribution < -0.4 is 0 Å². The van der Waals surface area contributed by atoms with Gasteiger partial charge < -0.3 is 9.47 Å². The molecule has 0 N–H and O–H groups in total. The lowest BCUT2D eigenvalue weighted by Gasteiger charge is -2.30. The summed E-state index contributed by atoms with van der Waals surface area (Å²) in [4.78, 5) is 14.0. The second-order valence-corrected chi connectivity index (χ2v) is 6.60. The molecule has 0 atom stereocenters. The lowest BCUT2D eigenvalue weighted by Crippen LogP contribution is -2.33. The monoisotopic (exact) mass is 284 g/mol. The molecule has 0 fully saturated rings. The summed E-state index contributed by atoms with van der Waals surface area (Å²) in [6.45, 7) is 10.4. The van der Waals surface area contributed by atoms with Crippen LogP contribution in [0.5, 0.6) is 0 Å². The number of ketones is 1. The number of nitrogens with zero attached hydrogens (tertiary/aromatic N) is 2. The number of rotatable bonds is 6. The number of halogens is 1. The van der Waals surface area contributed by atoms with Crippen LogP contribution >= 0.6 is 11.6 Å². The van der Waals surface area contributed by atoms with Crippen molar-refractivity contribution in [1.82, 2.24) is 9.47 Å². The summed E-state index contributed by atoms with van der Waals surface area (Å²) in [6, 6.07) is 1.95. The first-order chi connectivity index (χ1) is 8.68. The fourth-order valence-electron chi connectivity index (χ4n) is 2.73. The number of hydrogen-bond donors (Lipinski definition) is 0. The van der Waals surface area contributed by atoms with Crippen molar-refractivity contribution in [3.05, 3.63) is 23.0 Å². The average Bonchev–Trinajstić information content (AvgIpc) is 2.54. The van der Waals surface area contributed by atoms with Crippen LogP contribution in [0.4, 0.5) is 0 Å². The second kappa shape index (κ2) is 6.10. The molecule has 1 aromatic rings. The van der Waals surface area contributed by atoms with E-state index in [0.717, 1.165) is 30.0 Å². The highest BCUT2D eigenvalue weighted by atomic mass is 35.5. The Bertz CT molecular complexity index is 461. The first-order valence-electron chi connectivity index (χ1n) is 6.58. The Kier molecular flexibility index (Phi) is 5.22. The summed E-state index contributed by atoms with van der Waals surface area (Å²) >= 11 is 5.66. The van der Waals surface area contributed by atoms with Gasteiger partial charge in [0.2, 0.25) is 0 Å². The van der Waals surface area contributed by atoms with Crippen LogP contribution in [0.25, 0.3) is 0 Å². The number of carbonyl (C=O) groups is 1. The molecule has 0 bridgehead atoms. The predicted octanol–water partition coefficient (Wildman–Crippen LogP) is 3.11. The van der Waals surface area contributed by atoms with E-state index in [-0.39, 0.29) is 17.1 Å². The van der Waals surface area contributed by atoms with Gasteiger partial charge >= 0.3 is 0 Å². The number of aryl methyl sites for hydroxylation is 1. The summed E-state index contributed by atoms with van der Waals surface area (Å²) < 4.78 is 2.23. The Labute approximate surface area is 121 Å². The number of carbonyl (C=O) groups excluding carboxylic acids is 1. The van der Waals surface area contributed by atoms with Gasteiger partial charge in [-0.3, -0.25) is 4.79 Å². The molecule has 0 radical (unpaired) electrons. The zero-order valence-electron chi connectivity index (χ0n) is 12.9. The van der Waals surface area contributed by atoms with Gasteiger partial charge in [-0.15, -0.1) is 11.6 Å². The topological polar surface area (TPSA) is 25.2 Å². The van der Waals surface area contributed by atoms with E-state index in [9.17, 15) is 4.79 Å². The summed E-state index contributed by atoms with van der Waals surface area (Å²) in [5.74, 6) is 0.0530. The van der Waals surface area contributed by atoms with E-state index in [1.54, 1.807) is 0 Å². The fraction of sp³-hybridized carbons (Fsp3) is 0.667. The molecule has 0 amide bonds. The second-order valence-electron chi connectivity index (χ2n) is 6.33. The molecule has 1 heterocycles. The lowest BCUT2D eigenvalue weighted by molar-refractivity contribution is 0.102. The van der Waals surface area contributed by atoms with E-state index in [2.05, 4.69) is 37.4 Å². The van der Waals surface area contributed by atoms with Gasteiger partial charge in [-0.2, -0.15) is 0 Å². The third kappa shape index (κ3) is 4.08. The Morgan fingerprint density at radius 1 is 1.37 bits per heavy atom. The van der Waals surface area contributed by atoms with Gasteiger partial charge in [0.15, 0.2) is 5.78 Å². The van der Waals surface area contributed by atoms with Crippen LogP contribution in [-0.2, 0) is 6.54 Å². The van der Waals surface area contributed by atoms with Gasteiger partial charge in [0.1, 0.15) is 0 Å². The zero-order valence-corrected chi connectivity index (χ0v) is 13.6. The maximum Gasteiger partial charge on any atom is 0.179 e. The van der Waals surface area contributed by atoms with Crippen LogP contribution in [0.1, 0.15) is 35.6 Å². The van der Waals surface area contributed by atoms with E-state index in [1.165, 1.54) is 0 Å².